The predicted octanol–water partition coefficient (Wildman–Crippen LogP) is 2.29. The molecule has 1 aromatic carbocycles. The molecule has 0 unspecified atom stereocenters. The molecule has 2 aliphatic rings. The van der Waals surface area contributed by atoms with Crippen LogP contribution in [0.3, 0.4) is 0 Å². The van der Waals surface area contributed by atoms with Crippen LogP contribution in [0.15, 0.2) is 24.4 Å². The Morgan fingerprint density at radius 1 is 1.09 bits per heavy atom. The molecule has 0 bridgehead atoms. The summed E-state index contributed by atoms with van der Waals surface area (Å²) >= 11 is 0. The second-order valence-corrected chi connectivity index (χ2v) is 5.62. The van der Waals surface area contributed by atoms with Crippen molar-refractivity contribution in [2.45, 2.75) is 6.42 Å². The summed E-state index contributed by atoms with van der Waals surface area (Å²) in [7, 11) is 0. The van der Waals surface area contributed by atoms with Crippen LogP contribution in [-0.2, 0) is 11.2 Å². The smallest absolute Gasteiger partial charge is 0.227 e. The highest BCUT2D eigenvalue weighted by Crippen LogP contribution is 2.35. The van der Waals surface area contributed by atoms with Gasteiger partial charge in [0.2, 0.25) is 5.95 Å². The lowest BCUT2D eigenvalue weighted by Crippen LogP contribution is -2.37. The highest BCUT2D eigenvalue weighted by molar-refractivity contribution is 5.67. The molecule has 23 heavy (non-hydrogen) atoms. The highest BCUT2D eigenvalue weighted by atomic mass is 19.1. The van der Waals surface area contributed by atoms with Gasteiger partial charge < -0.3 is 14.5 Å². The summed E-state index contributed by atoms with van der Waals surface area (Å²) < 4.78 is 32.6. The van der Waals surface area contributed by atoms with Crippen LogP contribution in [0.25, 0.3) is 0 Å². The molecule has 4 rings (SSSR count). The molecule has 2 aliphatic heterocycles. The molecule has 0 spiro atoms. The summed E-state index contributed by atoms with van der Waals surface area (Å²) in [5, 5.41) is 0. The first-order valence-corrected chi connectivity index (χ1v) is 7.63. The minimum atomic E-state index is -0.581. The number of hydrogen-bond donors (Lipinski definition) is 0. The Balaban J connectivity index is 1.69. The molecule has 2 aromatic rings. The number of fused-ring (bicyclic) bond motifs is 1. The lowest BCUT2D eigenvalue weighted by Gasteiger charge is -2.27. The molecule has 1 fully saturated rings. The number of anilines is 3. The molecular formula is C16H16F2N4O. The molecule has 1 saturated heterocycles. The minimum Gasteiger partial charge on any atom is -0.378 e. The monoisotopic (exact) mass is 318 g/mol. The Bertz CT molecular complexity index is 734. The third kappa shape index (κ3) is 2.61. The fraction of sp³-hybridized carbons (Fsp3) is 0.375. The Hall–Kier alpha value is -2.28. The molecule has 0 saturated carbocycles. The van der Waals surface area contributed by atoms with E-state index in [0.29, 0.717) is 37.2 Å². The van der Waals surface area contributed by atoms with Crippen molar-refractivity contribution in [1.82, 2.24) is 9.97 Å². The van der Waals surface area contributed by atoms with Crippen molar-refractivity contribution in [3.63, 3.8) is 0 Å². The van der Waals surface area contributed by atoms with Crippen molar-refractivity contribution < 1.29 is 13.5 Å². The van der Waals surface area contributed by atoms with E-state index in [1.165, 1.54) is 12.1 Å². The van der Waals surface area contributed by atoms with E-state index in [1.807, 2.05) is 0 Å². The predicted molar refractivity (Wildman–Crippen MR) is 82.1 cm³/mol. The summed E-state index contributed by atoms with van der Waals surface area (Å²) in [6.07, 6.45) is 2.55. The summed E-state index contributed by atoms with van der Waals surface area (Å²) in [6.45, 7) is 3.39. The van der Waals surface area contributed by atoms with Gasteiger partial charge in [0.25, 0.3) is 0 Å². The standard InChI is InChI=1S/C16H16F2N4O/c17-12-1-2-14(13(18)9-12)22-4-3-11-10-19-16(20-15(11)22)21-5-7-23-8-6-21/h1-2,9-10H,3-8H2. The van der Waals surface area contributed by atoms with Crippen molar-refractivity contribution in [2.75, 3.05) is 42.6 Å². The molecule has 0 radical (unpaired) electrons. The van der Waals surface area contributed by atoms with Crippen LogP contribution in [0.5, 0.6) is 0 Å². The lowest BCUT2D eigenvalue weighted by atomic mass is 10.2. The van der Waals surface area contributed by atoms with Gasteiger partial charge in [0.15, 0.2) is 0 Å². The molecule has 7 heteroatoms. The molecule has 1 aromatic heterocycles. The van der Waals surface area contributed by atoms with Gasteiger partial charge in [-0.25, -0.2) is 13.8 Å². The van der Waals surface area contributed by atoms with E-state index >= 15 is 0 Å². The summed E-state index contributed by atoms with van der Waals surface area (Å²) in [5.74, 6) is 0.167. The van der Waals surface area contributed by atoms with Crippen LogP contribution in [0, 0.1) is 11.6 Å². The Morgan fingerprint density at radius 2 is 1.91 bits per heavy atom. The first kappa shape index (κ1) is 14.3. The third-order valence-corrected chi connectivity index (χ3v) is 4.18. The van der Waals surface area contributed by atoms with Gasteiger partial charge in [-0.15, -0.1) is 0 Å². The zero-order chi connectivity index (χ0) is 15.8. The molecule has 0 atom stereocenters. The van der Waals surface area contributed by atoms with E-state index in [0.717, 1.165) is 31.1 Å². The van der Waals surface area contributed by atoms with E-state index in [2.05, 4.69) is 14.9 Å². The van der Waals surface area contributed by atoms with Gasteiger partial charge in [-0.2, -0.15) is 4.98 Å². The van der Waals surface area contributed by atoms with Crippen LogP contribution in [-0.4, -0.2) is 42.8 Å². The second kappa shape index (κ2) is 5.73. The maximum atomic E-state index is 14.1. The van der Waals surface area contributed by atoms with Crippen LogP contribution >= 0.6 is 0 Å². The number of rotatable bonds is 2. The molecule has 5 nitrogen and oxygen atoms in total. The van der Waals surface area contributed by atoms with Gasteiger partial charge >= 0.3 is 0 Å². The zero-order valence-electron chi connectivity index (χ0n) is 12.5. The van der Waals surface area contributed by atoms with Gasteiger partial charge in [0.05, 0.1) is 18.9 Å². The van der Waals surface area contributed by atoms with Crippen LogP contribution in [0.1, 0.15) is 5.56 Å². The first-order valence-electron chi connectivity index (χ1n) is 7.63. The molecule has 0 aliphatic carbocycles. The fourth-order valence-corrected chi connectivity index (χ4v) is 2.99. The average Bonchev–Trinajstić information content (AvgIpc) is 2.99. The summed E-state index contributed by atoms with van der Waals surface area (Å²) in [4.78, 5) is 12.9. The van der Waals surface area contributed by atoms with Crippen molar-refractivity contribution in [1.29, 1.82) is 0 Å². The van der Waals surface area contributed by atoms with Crippen molar-refractivity contribution in [3.05, 3.63) is 41.6 Å². The SMILES string of the molecule is Fc1ccc(N2CCc3cnc(N4CCOCC4)nc32)c(F)c1. The molecule has 0 amide bonds. The molecule has 120 valence electrons. The molecule has 0 N–H and O–H groups in total. The number of benzene rings is 1. The van der Waals surface area contributed by atoms with E-state index in [1.54, 1.807) is 11.1 Å². The number of hydrogen-bond acceptors (Lipinski definition) is 5. The topological polar surface area (TPSA) is 41.5 Å². The lowest BCUT2D eigenvalue weighted by molar-refractivity contribution is 0.122. The zero-order valence-corrected chi connectivity index (χ0v) is 12.5. The van der Waals surface area contributed by atoms with Gasteiger partial charge in [0, 0.05) is 37.5 Å². The van der Waals surface area contributed by atoms with E-state index in [-0.39, 0.29) is 0 Å². The van der Waals surface area contributed by atoms with E-state index < -0.39 is 11.6 Å². The van der Waals surface area contributed by atoms with Crippen molar-refractivity contribution >= 4 is 17.5 Å². The average molecular weight is 318 g/mol. The number of aromatic nitrogens is 2. The Morgan fingerprint density at radius 3 is 2.70 bits per heavy atom. The first-order chi connectivity index (χ1) is 11.2. The number of halogens is 2. The highest BCUT2D eigenvalue weighted by Gasteiger charge is 2.26. The minimum absolute atomic E-state index is 0.344. The fourth-order valence-electron chi connectivity index (χ4n) is 2.99. The molecule has 3 heterocycles. The van der Waals surface area contributed by atoms with Crippen LogP contribution in [0.2, 0.25) is 0 Å². The number of nitrogens with zero attached hydrogens (tertiary/aromatic N) is 4. The summed E-state index contributed by atoms with van der Waals surface area (Å²) in [5.41, 5.74) is 1.32. The van der Waals surface area contributed by atoms with Gasteiger partial charge in [0.1, 0.15) is 17.5 Å². The Kier molecular flexibility index (Phi) is 3.57. The van der Waals surface area contributed by atoms with Crippen LogP contribution < -0.4 is 9.80 Å². The van der Waals surface area contributed by atoms with E-state index in [9.17, 15) is 8.78 Å². The van der Waals surface area contributed by atoms with Gasteiger partial charge in [-0.3, -0.25) is 0 Å². The number of morpholine rings is 1. The largest absolute Gasteiger partial charge is 0.378 e. The maximum absolute atomic E-state index is 14.1. The third-order valence-electron chi connectivity index (χ3n) is 4.18. The normalized spacial score (nSPS) is 17.5. The van der Waals surface area contributed by atoms with Crippen molar-refractivity contribution in [3.8, 4) is 0 Å². The van der Waals surface area contributed by atoms with Gasteiger partial charge in [-0.1, -0.05) is 0 Å². The van der Waals surface area contributed by atoms with E-state index in [4.69, 9.17) is 4.74 Å². The second-order valence-electron chi connectivity index (χ2n) is 5.62. The van der Waals surface area contributed by atoms with Crippen molar-refractivity contribution in [2.24, 2.45) is 0 Å². The van der Waals surface area contributed by atoms with Gasteiger partial charge in [-0.05, 0) is 18.6 Å². The Labute approximate surface area is 132 Å². The number of ether oxygens (including phenoxy) is 1. The maximum Gasteiger partial charge on any atom is 0.227 e. The van der Waals surface area contributed by atoms with Crippen LogP contribution in [0.4, 0.5) is 26.2 Å². The molecular weight excluding hydrogens is 302 g/mol. The summed E-state index contributed by atoms with van der Waals surface area (Å²) in [6, 6.07) is 3.62. The quantitative estimate of drug-likeness (QED) is 0.850.